The van der Waals surface area contributed by atoms with Crippen LogP contribution < -0.4 is 11.1 Å². The SMILES string of the molecule is CC(CN)CCC(=O)NC(C)CO. The van der Waals surface area contributed by atoms with Crippen LogP contribution in [0, 0.1) is 5.92 Å². The molecule has 0 bridgehead atoms. The highest BCUT2D eigenvalue weighted by Gasteiger charge is 2.07. The third-order valence-electron chi connectivity index (χ3n) is 1.95. The summed E-state index contributed by atoms with van der Waals surface area (Å²) in [6.45, 7) is 4.38. The Morgan fingerprint density at radius 2 is 2.15 bits per heavy atom. The number of nitrogens with one attached hydrogen (secondary N) is 1. The molecule has 78 valence electrons. The van der Waals surface area contributed by atoms with Gasteiger partial charge in [0, 0.05) is 12.5 Å². The second-order valence-corrected chi connectivity index (χ2v) is 3.53. The average Bonchev–Trinajstić information content (AvgIpc) is 2.13. The van der Waals surface area contributed by atoms with Crippen LogP contribution in [0.4, 0.5) is 0 Å². The van der Waals surface area contributed by atoms with Gasteiger partial charge in [-0.1, -0.05) is 6.92 Å². The quantitative estimate of drug-likeness (QED) is 0.543. The number of carbonyl (C=O) groups excluding carboxylic acids is 1. The number of aliphatic hydroxyl groups is 1. The summed E-state index contributed by atoms with van der Waals surface area (Å²) < 4.78 is 0. The van der Waals surface area contributed by atoms with E-state index in [9.17, 15) is 4.79 Å². The smallest absolute Gasteiger partial charge is 0.220 e. The van der Waals surface area contributed by atoms with Crippen molar-refractivity contribution in [3.63, 3.8) is 0 Å². The number of hydrogen-bond acceptors (Lipinski definition) is 3. The Labute approximate surface area is 79.5 Å². The molecule has 0 spiro atoms. The van der Waals surface area contributed by atoms with E-state index in [1.54, 1.807) is 6.92 Å². The third-order valence-corrected chi connectivity index (χ3v) is 1.95. The molecule has 0 aliphatic carbocycles. The van der Waals surface area contributed by atoms with Gasteiger partial charge >= 0.3 is 0 Å². The normalized spacial score (nSPS) is 15.1. The summed E-state index contributed by atoms with van der Waals surface area (Å²) in [5.41, 5.74) is 5.41. The van der Waals surface area contributed by atoms with Gasteiger partial charge < -0.3 is 16.2 Å². The van der Waals surface area contributed by atoms with Crippen LogP contribution >= 0.6 is 0 Å². The van der Waals surface area contributed by atoms with Crippen LogP contribution in [-0.2, 0) is 4.79 Å². The lowest BCUT2D eigenvalue weighted by molar-refractivity contribution is -0.122. The molecule has 0 aliphatic heterocycles. The molecule has 4 heteroatoms. The molecule has 0 rings (SSSR count). The van der Waals surface area contributed by atoms with Crippen LogP contribution in [0.15, 0.2) is 0 Å². The molecule has 0 saturated heterocycles. The van der Waals surface area contributed by atoms with Crippen molar-refractivity contribution in [2.75, 3.05) is 13.2 Å². The topological polar surface area (TPSA) is 75.4 Å². The maximum Gasteiger partial charge on any atom is 0.220 e. The zero-order valence-electron chi connectivity index (χ0n) is 8.42. The van der Waals surface area contributed by atoms with E-state index < -0.39 is 0 Å². The maximum atomic E-state index is 11.2. The van der Waals surface area contributed by atoms with E-state index in [1.165, 1.54) is 0 Å². The molecule has 2 unspecified atom stereocenters. The van der Waals surface area contributed by atoms with Crippen molar-refractivity contribution >= 4 is 5.91 Å². The fourth-order valence-corrected chi connectivity index (χ4v) is 0.888. The molecule has 0 radical (unpaired) electrons. The van der Waals surface area contributed by atoms with Crippen molar-refractivity contribution in [2.24, 2.45) is 11.7 Å². The van der Waals surface area contributed by atoms with Gasteiger partial charge in [0.15, 0.2) is 0 Å². The van der Waals surface area contributed by atoms with Crippen LogP contribution in [0.2, 0.25) is 0 Å². The molecular formula is C9H20N2O2. The van der Waals surface area contributed by atoms with Crippen molar-refractivity contribution in [1.82, 2.24) is 5.32 Å². The van der Waals surface area contributed by atoms with E-state index in [0.717, 1.165) is 6.42 Å². The molecule has 0 aliphatic rings. The summed E-state index contributed by atoms with van der Waals surface area (Å²) >= 11 is 0. The molecule has 4 N–H and O–H groups in total. The summed E-state index contributed by atoms with van der Waals surface area (Å²) in [7, 11) is 0. The number of rotatable bonds is 6. The van der Waals surface area contributed by atoms with Gasteiger partial charge in [-0.05, 0) is 25.8 Å². The van der Waals surface area contributed by atoms with Crippen molar-refractivity contribution < 1.29 is 9.90 Å². The van der Waals surface area contributed by atoms with Gasteiger partial charge in [-0.15, -0.1) is 0 Å². The Bertz CT molecular complexity index is 151. The van der Waals surface area contributed by atoms with E-state index in [4.69, 9.17) is 10.8 Å². The van der Waals surface area contributed by atoms with Crippen molar-refractivity contribution in [2.45, 2.75) is 32.7 Å². The zero-order valence-corrected chi connectivity index (χ0v) is 8.42. The van der Waals surface area contributed by atoms with Gasteiger partial charge in [0.05, 0.1) is 6.61 Å². The molecule has 4 nitrogen and oxygen atoms in total. The minimum Gasteiger partial charge on any atom is -0.394 e. The first-order valence-electron chi connectivity index (χ1n) is 4.70. The number of amides is 1. The lowest BCUT2D eigenvalue weighted by Crippen LogP contribution is -2.35. The summed E-state index contributed by atoms with van der Waals surface area (Å²) in [6.07, 6.45) is 1.29. The van der Waals surface area contributed by atoms with Gasteiger partial charge in [-0.3, -0.25) is 4.79 Å². The van der Waals surface area contributed by atoms with Crippen LogP contribution in [-0.4, -0.2) is 30.2 Å². The number of aliphatic hydroxyl groups excluding tert-OH is 1. The van der Waals surface area contributed by atoms with E-state index >= 15 is 0 Å². The summed E-state index contributed by atoms with van der Waals surface area (Å²) in [4.78, 5) is 11.2. The lowest BCUT2D eigenvalue weighted by atomic mass is 10.1. The molecule has 2 atom stereocenters. The molecule has 0 saturated carbocycles. The van der Waals surface area contributed by atoms with Gasteiger partial charge in [-0.25, -0.2) is 0 Å². The number of nitrogens with two attached hydrogens (primary N) is 1. The van der Waals surface area contributed by atoms with Crippen LogP contribution in [0.25, 0.3) is 0 Å². The fourth-order valence-electron chi connectivity index (χ4n) is 0.888. The Kier molecular flexibility index (Phi) is 6.54. The molecular weight excluding hydrogens is 168 g/mol. The standard InChI is InChI=1S/C9H20N2O2/c1-7(5-10)3-4-9(13)11-8(2)6-12/h7-8,12H,3-6,10H2,1-2H3,(H,11,13). The highest BCUT2D eigenvalue weighted by molar-refractivity contribution is 5.76. The van der Waals surface area contributed by atoms with Crippen molar-refractivity contribution in [3.8, 4) is 0 Å². The number of hydrogen-bond donors (Lipinski definition) is 3. The van der Waals surface area contributed by atoms with Crippen LogP contribution in [0.5, 0.6) is 0 Å². The molecule has 0 aromatic carbocycles. The average molecular weight is 188 g/mol. The second kappa shape index (κ2) is 6.86. The largest absolute Gasteiger partial charge is 0.394 e. The van der Waals surface area contributed by atoms with E-state index in [-0.39, 0.29) is 18.6 Å². The molecule has 0 aromatic rings. The Hall–Kier alpha value is -0.610. The summed E-state index contributed by atoms with van der Waals surface area (Å²) in [6, 6.07) is -0.152. The molecule has 0 aromatic heterocycles. The van der Waals surface area contributed by atoms with E-state index in [0.29, 0.717) is 18.9 Å². The second-order valence-electron chi connectivity index (χ2n) is 3.53. The molecule has 13 heavy (non-hydrogen) atoms. The predicted molar refractivity (Wildman–Crippen MR) is 52.1 cm³/mol. The first-order valence-corrected chi connectivity index (χ1v) is 4.70. The minimum atomic E-state index is -0.152. The minimum absolute atomic E-state index is 0.0122. The number of carbonyl (C=O) groups is 1. The van der Waals surface area contributed by atoms with Crippen LogP contribution in [0.1, 0.15) is 26.7 Å². The predicted octanol–water partition coefficient (Wildman–Crippen LogP) is -0.142. The highest BCUT2D eigenvalue weighted by Crippen LogP contribution is 2.02. The zero-order chi connectivity index (χ0) is 10.3. The monoisotopic (exact) mass is 188 g/mol. The van der Waals surface area contributed by atoms with Gasteiger partial charge in [0.25, 0.3) is 0 Å². The van der Waals surface area contributed by atoms with Gasteiger partial charge in [0.2, 0.25) is 5.91 Å². The van der Waals surface area contributed by atoms with Crippen LogP contribution in [0.3, 0.4) is 0 Å². The molecule has 0 heterocycles. The summed E-state index contributed by atoms with van der Waals surface area (Å²) in [5.74, 6) is 0.372. The van der Waals surface area contributed by atoms with E-state index in [2.05, 4.69) is 5.32 Å². The summed E-state index contributed by atoms with van der Waals surface area (Å²) in [5, 5.41) is 11.4. The Morgan fingerprint density at radius 3 is 2.62 bits per heavy atom. The first-order chi connectivity index (χ1) is 6.10. The fraction of sp³-hybridized carbons (Fsp3) is 0.889. The van der Waals surface area contributed by atoms with Gasteiger partial charge in [0.1, 0.15) is 0 Å². The van der Waals surface area contributed by atoms with Gasteiger partial charge in [-0.2, -0.15) is 0 Å². The Morgan fingerprint density at radius 1 is 1.54 bits per heavy atom. The molecule has 0 fully saturated rings. The first kappa shape index (κ1) is 12.4. The maximum absolute atomic E-state index is 11.2. The van der Waals surface area contributed by atoms with Crippen molar-refractivity contribution in [3.05, 3.63) is 0 Å². The highest BCUT2D eigenvalue weighted by atomic mass is 16.3. The van der Waals surface area contributed by atoms with E-state index in [1.807, 2.05) is 6.92 Å². The molecule has 1 amide bonds. The third kappa shape index (κ3) is 6.54. The lowest BCUT2D eigenvalue weighted by Gasteiger charge is -2.12. The Balaban J connectivity index is 3.51. The van der Waals surface area contributed by atoms with Crippen molar-refractivity contribution in [1.29, 1.82) is 0 Å².